The highest BCUT2D eigenvalue weighted by Crippen LogP contribution is 2.37. The van der Waals surface area contributed by atoms with Gasteiger partial charge in [0.25, 0.3) is 0 Å². The minimum absolute atomic E-state index is 0.538. The van der Waals surface area contributed by atoms with Crippen LogP contribution in [-0.4, -0.2) is 28.3 Å². The number of halogens is 1. The van der Waals surface area contributed by atoms with Crippen LogP contribution < -0.4 is 5.30 Å². The van der Waals surface area contributed by atoms with Crippen LogP contribution in [0.1, 0.15) is 0 Å². The molecule has 0 amide bonds. The van der Waals surface area contributed by atoms with Gasteiger partial charge in [-0.3, -0.25) is 0 Å². The van der Waals surface area contributed by atoms with Gasteiger partial charge in [-0.15, -0.1) is 0 Å². The molecule has 0 aliphatic carbocycles. The lowest BCUT2D eigenvalue weighted by Gasteiger charge is -2.13. The smallest absolute Gasteiger partial charge is 0.164 e. The van der Waals surface area contributed by atoms with Gasteiger partial charge in [-0.2, -0.15) is 0 Å². The second-order valence-electron chi connectivity index (χ2n) is 8.63. The Kier molecular flexibility index (Phi) is 6.34. The van der Waals surface area contributed by atoms with Crippen molar-refractivity contribution in [2.45, 2.75) is 0 Å². The van der Waals surface area contributed by atoms with Gasteiger partial charge < -0.3 is 4.57 Å². The van der Waals surface area contributed by atoms with Gasteiger partial charge in [-0.05, 0) is 36.6 Å². The van der Waals surface area contributed by atoms with Crippen molar-refractivity contribution in [3.05, 3.63) is 108 Å². The highest BCUT2D eigenvalue weighted by atomic mass is 35.5. The van der Waals surface area contributed by atoms with E-state index < -0.39 is 7.14 Å². The molecular weight excluding hydrogens is 473 g/mol. The van der Waals surface area contributed by atoms with Crippen LogP contribution >= 0.6 is 18.7 Å². The molecule has 35 heavy (non-hydrogen) atoms. The molecule has 0 unspecified atom stereocenters. The van der Waals surface area contributed by atoms with Crippen molar-refractivity contribution in [2.24, 2.45) is 0 Å². The Morgan fingerprint density at radius 3 is 1.60 bits per heavy atom. The van der Waals surface area contributed by atoms with Crippen LogP contribution in [0.25, 0.3) is 45.3 Å². The number of benzene rings is 4. The minimum atomic E-state index is -2.34. The van der Waals surface area contributed by atoms with Gasteiger partial charge in [-0.1, -0.05) is 103 Å². The van der Waals surface area contributed by atoms with Crippen molar-refractivity contribution >= 4 is 24.0 Å². The van der Waals surface area contributed by atoms with E-state index in [1.807, 2.05) is 103 Å². The first-order valence-electron chi connectivity index (χ1n) is 11.2. The second kappa shape index (κ2) is 9.58. The van der Waals surface area contributed by atoms with Crippen LogP contribution in [-0.2, 0) is 4.57 Å². The molecule has 1 aromatic heterocycles. The highest BCUT2D eigenvalue weighted by Gasteiger charge is 2.17. The molecule has 172 valence electrons. The van der Waals surface area contributed by atoms with Gasteiger partial charge >= 0.3 is 0 Å². The third kappa shape index (κ3) is 5.09. The zero-order valence-electron chi connectivity index (χ0n) is 19.4. The standard InChI is InChI=1S/C29H23ClN3OP/c1-35(2,34)24-16-13-20(14-17-24)25-18-15-23(30)19-26(25)29-32-27(21-9-5-3-6-10-21)31-28(33-29)22-11-7-4-8-12-22/h3-19H,1-2H3. The third-order valence-corrected chi connectivity index (χ3v) is 7.50. The van der Waals surface area contributed by atoms with E-state index in [4.69, 9.17) is 26.6 Å². The van der Waals surface area contributed by atoms with Crippen molar-refractivity contribution < 1.29 is 4.57 Å². The average molecular weight is 496 g/mol. The predicted octanol–water partition coefficient (Wildman–Crippen LogP) is 7.44. The summed E-state index contributed by atoms with van der Waals surface area (Å²) in [5.74, 6) is 1.72. The molecule has 0 aliphatic heterocycles. The van der Waals surface area contributed by atoms with Crippen LogP contribution in [0, 0.1) is 0 Å². The molecule has 0 saturated carbocycles. The Morgan fingerprint density at radius 2 is 1.09 bits per heavy atom. The normalized spacial score (nSPS) is 11.4. The summed E-state index contributed by atoms with van der Waals surface area (Å²) in [5, 5.41) is 1.43. The molecular formula is C29H23ClN3OP. The fraction of sp³-hybridized carbons (Fsp3) is 0.0690. The van der Waals surface area contributed by atoms with E-state index in [1.54, 1.807) is 13.3 Å². The zero-order valence-corrected chi connectivity index (χ0v) is 21.0. The highest BCUT2D eigenvalue weighted by molar-refractivity contribution is 7.70. The van der Waals surface area contributed by atoms with E-state index in [1.165, 1.54) is 0 Å². The number of hydrogen-bond acceptors (Lipinski definition) is 4. The number of rotatable bonds is 5. The number of hydrogen-bond donors (Lipinski definition) is 0. The van der Waals surface area contributed by atoms with Crippen LogP contribution in [0.4, 0.5) is 0 Å². The first-order valence-corrected chi connectivity index (χ1v) is 14.2. The molecule has 0 fully saturated rings. The molecule has 0 radical (unpaired) electrons. The molecule has 5 rings (SSSR count). The summed E-state index contributed by atoms with van der Waals surface area (Å²) in [7, 11) is -2.34. The van der Waals surface area contributed by atoms with Crippen LogP contribution in [0.3, 0.4) is 0 Å². The van der Waals surface area contributed by atoms with E-state index in [0.29, 0.717) is 22.5 Å². The van der Waals surface area contributed by atoms with Gasteiger partial charge in [0, 0.05) is 27.0 Å². The first-order chi connectivity index (χ1) is 16.9. The molecule has 0 spiro atoms. The van der Waals surface area contributed by atoms with Crippen molar-refractivity contribution in [2.75, 3.05) is 13.3 Å². The molecule has 4 nitrogen and oxygen atoms in total. The molecule has 1 heterocycles. The molecule has 0 bridgehead atoms. The van der Waals surface area contributed by atoms with Crippen molar-refractivity contribution in [1.82, 2.24) is 15.0 Å². The largest absolute Gasteiger partial charge is 0.319 e. The average Bonchev–Trinajstić information content (AvgIpc) is 2.89. The maximum absolute atomic E-state index is 12.5. The molecule has 0 atom stereocenters. The molecule has 4 aromatic carbocycles. The quantitative estimate of drug-likeness (QED) is 0.238. The monoisotopic (exact) mass is 495 g/mol. The first kappa shape index (κ1) is 23.2. The minimum Gasteiger partial charge on any atom is -0.319 e. The van der Waals surface area contributed by atoms with Crippen molar-refractivity contribution in [3.63, 3.8) is 0 Å². The second-order valence-corrected chi connectivity index (χ2v) is 12.3. The summed E-state index contributed by atoms with van der Waals surface area (Å²) in [6.45, 7) is 3.55. The number of aromatic nitrogens is 3. The van der Waals surface area contributed by atoms with Gasteiger partial charge in [0.05, 0.1) is 0 Å². The van der Waals surface area contributed by atoms with E-state index in [9.17, 15) is 4.57 Å². The molecule has 0 saturated heterocycles. The summed E-state index contributed by atoms with van der Waals surface area (Å²) >= 11 is 6.44. The Hall–Kier alpha value is -3.59. The summed E-state index contributed by atoms with van der Waals surface area (Å²) < 4.78 is 12.5. The summed E-state index contributed by atoms with van der Waals surface area (Å²) in [4.78, 5) is 14.5. The van der Waals surface area contributed by atoms with E-state index in [0.717, 1.165) is 33.1 Å². The fourth-order valence-corrected chi connectivity index (χ4v) is 4.92. The lowest BCUT2D eigenvalue weighted by Crippen LogP contribution is -2.03. The summed E-state index contributed by atoms with van der Waals surface area (Å²) in [5.41, 5.74) is 4.52. The van der Waals surface area contributed by atoms with E-state index in [2.05, 4.69) is 0 Å². The summed E-state index contributed by atoms with van der Waals surface area (Å²) in [6, 6.07) is 33.3. The third-order valence-electron chi connectivity index (χ3n) is 5.72. The SMILES string of the molecule is CP(C)(=O)c1ccc(-c2ccc(Cl)cc2-c2nc(-c3ccccc3)nc(-c3ccccc3)n2)cc1. The van der Waals surface area contributed by atoms with Crippen LogP contribution in [0.2, 0.25) is 5.02 Å². The molecule has 0 aliphatic rings. The van der Waals surface area contributed by atoms with Crippen LogP contribution in [0.5, 0.6) is 0 Å². The maximum Gasteiger partial charge on any atom is 0.164 e. The van der Waals surface area contributed by atoms with Crippen molar-refractivity contribution in [1.29, 1.82) is 0 Å². The molecule has 6 heteroatoms. The maximum atomic E-state index is 12.5. The lowest BCUT2D eigenvalue weighted by atomic mass is 9.99. The Morgan fingerprint density at radius 1 is 0.571 bits per heavy atom. The summed E-state index contributed by atoms with van der Waals surface area (Å²) in [6.07, 6.45) is 0. The van der Waals surface area contributed by atoms with Gasteiger partial charge in [0.15, 0.2) is 17.5 Å². The topological polar surface area (TPSA) is 55.7 Å². The van der Waals surface area contributed by atoms with Gasteiger partial charge in [0.2, 0.25) is 0 Å². The molecule has 5 aromatic rings. The van der Waals surface area contributed by atoms with Crippen LogP contribution in [0.15, 0.2) is 103 Å². The zero-order chi connectivity index (χ0) is 24.4. The fourth-order valence-electron chi connectivity index (χ4n) is 3.88. The van der Waals surface area contributed by atoms with Gasteiger partial charge in [-0.25, -0.2) is 15.0 Å². The van der Waals surface area contributed by atoms with E-state index in [-0.39, 0.29) is 0 Å². The van der Waals surface area contributed by atoms with E-state index >= 15 is 0 Å². The predicted molar refractivity (Wildman–Crippen MR) is 146 cm³/mol. The number of nitrogens with zero attached hydrogens (tertiary/aromatic N) is 3. The Labute approximate surface area is 210 Å². The van der Waals surface area contributed by atoms with Gasteiger partial charge in [0.1, 0.15) is 7.14 Å². The lowest BCUT2D eigenvalue weighted by molar-refractivity contribution is 0.588. The molecule has 0 N–H and O–H groups in total. The Balaban J connectivity index is 1.71. The Bertz CT molecular complexity index is 1470. The van der Waals surface area contributed by atoms with Crippen molar-refractivity contribution in [3.8, 4) is 45.3 Å².